The van der Waals surface area contributed by atoms with Gasteiger partial charge in [0.15, 0.2) is 0 Å². The van der Waals surface area contributed by atoms with Crippen molar-refractivity contribution in [3.8, 4) is 0 Å². The van der Waals surface area contributed by atoms with Crippen molar-refractivity contribution in [3.63, 3.8) is 0 Å². The lowest BCUT2D eigenvalue weighted by Crippen LogP contribution is -2.20. The zero-order valence-corrected chi connectivity index (χ0v) is 12.2. The standard InChI is InChI=1S/C13H17BrFNO2/c1-16(7-3-4-13(17)18-2)9-10-8-11(14)5-6-12(10)15/h5-6,8H,3-4,7,9H2,1-2H3. The number of halogens is 2. The zero-order chi connectivity index (χ0) is 13.5. The number of hydrogen-bond donors (Lipinski definition) is 0. The summed E-state index contributed by atoms with van der Waals surface area (Å²) in [5, 5.41) is 0. The van der Waals surface area contributed by atoms with Crippen molar-refractivity contribution >= 4 is 21.9 Å². The number of carbonyl (C=O) groups is 1. The summed E-state index contributed by atoms with van der Waals surface area (Å²) in [4.78, 5) is 12.9. The molecule has 0 saturated heterocycles. The molecule has 0 amide bonds. The average Bonchev–Trinajstić information content (AvgIpc) is 2.33. The summed E-state index contributed by atoms with van der Waals surface area (Å²) in [6.07, 6.45) is 1.10. The van der Waals surface area contributed by atoms with E-state index >= 15 is 0 Å². The maximum absolute atomic E-state index is 13.5. The van der Waals surface area contributed by atoms with Crippen LogP contribution in [0.4, 0.5) is 4.39 Å². The van der Waals surface area contributed by atoms with Crippen LogP contribution in [0.5, 0.6) is 0 Å². The molecule has 1 aromatic carbocycles. The van der Waals surface area contributed by atoms with Gasteiger partial charge in [-0.3, -0.25) is 4.79 Å². The molecule has 1 aromatic rings. The first-order valence-corrected chi connectivity index (χ1v) is 6.51. The van der Waals surface area contributed by atoms with E-state index in [2.05, 4.69) is 20.7 Å². The molecular weight excluding hydrogens is 301 g/mol. The van der Waals surface area contributed by atoms with Gasteiger partial charge in [-0.15, -0.1) is 0 Å². The second kappa shape index (κ2) is 7.48. The molecule has 18 heavy (non-hydrogen) atoms. The number of nitrogens with zero attached hydrogens (tertiary/aromatic N) is 1. The van der Waals surface area contributed by atoms with Crippen LogP contribution in [-0.4, -0.2) is 31.6 Å². The van der Waals surface area contributed by atoms with Gasteiger partial charge in [-0.25, -0.2) is 4.39 Å². The number of rotatable bonds is 6. The fourth-order valence-electron chi connectivity index (χ4n) is 1.63. The smallest absolute Gasteiger partial charge is 0.305 e. The fraction of sp³-hybridized carbons (Fsp3) is 0.462. The SMILES string of the molecule is COC(=O)CCCN(C)Cc1cc(Br)ccc1F. The molecule has 0 aliphatic carbocycles. The third-order valence-corrected chi connectivity index (χ3v) is 3.09. The molecule has 0 heterocycles. The number of carbonyl (C=O) groups excluding carboxylic acids is 1. The molecule has 100 valence electrons. The molecule has 0 unspecified atom stereocenters. The number of ether oxygens (including phenoxy) is 1. The molecule has 0 radical (unpaired) electrons. The van der Waals surface area contributed by atoms with Crippen LogP contribution in [-0.2, 0) is 16.1 Å². The van der Waals surface area contributed by atoms with Crippen molar-refractivity contribution in [3.05, 3.63) is 34.1 Å². The van der Waals surface area contributed by atoms with Crippen molar-refractivity contribution in [2.24, 2.45) is 0 Å². The minimum absolute atomic E-state index is 0.210. The van der Waals surface area contributed by atoms with Crippen molar-refractivity contribution < 1.29 is 13.9 Å². The Balaban J connectivity index is 2.42. The lowest BCUT2D eigenvalue weighted by atomic mass is 10.2. The van der Waals surface area contributed by atoms with Gasteiger partial charge in [0.25, 0.3) is 0 Å². The highest BCUT2D eigenvalue weighted by molar-refractivity contribution is 9.10. The molecule has 1 rings (SSSR count). The van der Waals surface area contributed by atoms with Crippen LogP contribution in [0.2, 0.25) is 0 Å². The number of methoxy groups -OCH3 is 1. The topological polar surface area (TPSA) is 29.5 Å². The minimum atomic E-state index is -0.211. The second-order valence-electron chi connectivity index (χ2n) is 4.15. The van der Waals surface area contributed by atoms with Crippen molar-refractivity contribution in [1.29, 1.82) is 0 Å². The molecule has 0 N–H and O–H groups in total. The Morgan fingerprint density at radius 2 is 2.22 bits per heavy atom. The molecule has 0 spiro atoms. The third-order valence-electron chi connectivity index (χ3n) is 2.60. The van der Waals surface area contributed by atoms with Crippen LogP contribution in [0.25, 0.3) is 0 Å². The zero-order valence-electron chi connectivity index (χ0n) is 10.6. The van der Waals surface area contributed by atoms with E-state index in [1.807, 2.05) is 11.9 Å². The van der Waals surface area contributed by atoms with Gasteiger partial charge < -0.3 is 9.64 Å². The summed E-state index contributed by atoms with van der Waals surface area (Å²) in [5.41, 5.74) is 0.643. The van der Waals surface area contributed by atoms with E-state index in [4.69, 9.17) is 0 Å². The van der Waals surface area contributed by atoms with Crippen molar-refractivity contribution in [1.82, 2.24) is 4.90 Å². The predicted molar refractivity (Wildman–Crippen MR) is 71.7 cm³/mol. The molecule has 0 aliphatic heterocycles. The van der Waals surface area contributed by atoms with Gasteiger partial charge in [-0.05, 0) is 38.2 Å². The van der Waals surface area contributed by atoms with E-state index in [0.29, 0.717) is 24.9 Å². The van der Waals surface area contributed by atoms with Crippen LogP contribution in [0.15, 0.2) is 22.7 Å². The van der Waals surface area contributed by atoms with Crippen molar-refractivity contribution in [2.45, 2.75) is 19.4 Å². The van der Waals surface area contributed by atoms with Gasteiger partial charge in [-0.1, -0.05) is 15.9 Å². The summed E-state index contributed by atoms with van der Waals surface area (Å²) < 4.78 is 18.9. The molecule has 0 aliphatic rings. The highest BCUT2D eigenvalue weighted by Crippen LogP contribution is 2.16. The highest BCUT2D eigenvalue weighted by atomic mass is 79.9. The van der Waals surface area contributed by atoms with E-state index in [1.54, 1.807) is 12.1 Å². The molecule has 0 fully saturated rings. The Hall–Kier alpha value is -0.940. The normalized spacial score (nSPS) is 10.7. The van der Waals surface area contributed by atoms with Gasteiger partial charge in [0.1, 0.15) is 5.82 Å². The summed E-state index contributed by atoms with van der Waals surface area (Å²) in [6.45, 7) is 1.24. The van der Waals surface area contributed by atoms with E-state index < -0.39 is 0 Å². The lowest BCUT2D eigenvalue weighted by molar-refractivity contribution is -0.140. The van der Waals surface area contributed by atoms with Crippen LogP contribution in [0, 0.1) is 5.82 Å². The quantitative estimate of drug-likeness (QED) is 0.755. The molecule has 0 bridgehead atoms. The van der Waals surface area contributed by atoms with Gasteiger partial charge in [-0.2, -0.15) is 0 Å². The van der Waals surface area contributed by atoms with Gasteiger partial charge in [0.05, 0.1) is 7.11 Å². The van der Waals surface area contributed by atoms with Gasteiger partial charge >= 0.3 is 5.97 Å². The average molecular weight is 318 g/mol. The van der Waals surface area contributed by atoms with Crippen LogP contribution in [0.1, 0.15) is 18.4 Å². The Bertz CT molecular complexity index is 412. The summed E-state index contributed by atoms with van der Waals surface area (Å²) >= 11 is 3.32. The Labute approximate surface area is 115 Å². The first kappa shape index (κ1) is 15.1. The maximum atomic E-state index is 13.5. The van der Waals surface area contributed by atoms with Crippen LogP contribution >= 0.6 is 15.9 Å². The molecule has 5 heteroatoms. The van der Waals surface area contributed by atoms with E-state index in [-0.39, 0.29) is 11.8 Å². The van der Waals surface area contributed by atoms with E-state index in [9.17, 15) is 9.18 Å². The van der Waals surface area contributed by atoms with Crippen molar-refractivity contribution in [2.75, 3.05) is 20.7 Å². The van der Waals surface area contributed by atoms with Gasteiger partial charge in [0, 0.05) is 23.0 Å². The van der Waals surface area contributed by atoms with E-state index in [1.165, 1.54) is 13.2 Å². The number of esters is 1. The van der Waals surface area contributed by atoms with Gasteiger partial charge in [0.2, 0.25) is 0 Å². The van der Waals surface area contributed by atoms with E-state index in [0.717, 1.165) is 11.0 Å². The van der Waals surface area contributed by atoms with Crippen LogP contribution in [0.3, 0.4) is 0 Å². The molecule has 0 atom stereocenters. The number of hydrogen-bond acceptors (Lipinski definition) is 3. The largest absolute Gasteiger partial charge is 0.469 e. The Morgan fingerprint density at radius 3 is 2.89 bits per heavy atom. The summed E-state index contributed by atoms with van der Waals surface area (Å²) in [6, 6.07) is 4.89. The Morgan fingerprint density at radius 1 is 1.50 bits per heavy atom. The summed E-state index contributed by atoms with van der Waals surface area (Å²) in [5.74, 6) is -0.421. The highest BCUT2D eigenvalue weighted by Gasteiger charge is 2.07. The number of benzene rings is 1. The monoisotopic (exact) mass is 317 g/mol. The first-order chi connectivity index (χ1) is 8.52. The lowest BCUT2D eigenvalue weighted by Gasteiger charge is -2.16. The Kier molecular flexibility index (Phi) is 6.29. The predicted octanol–water partition coefficient (Wildman–Crippen LogP) is 2.97. The third kappa shape index (κ3) is 5.14. The van der Waals surface area contributed by atoms with Crippen LogP contribution < -0.4 is 0 Å². The maximum Gasteiger partial charge on any atom is 0.305 e. The molecule has 0 aromatic heterocycles. The first-order valence-electron chi connectivity index (χ1n) is 5.72. The second-order valence-corrected chi connectivity index (χ2v) is 5.07. The molecule has 0 saturated carbocycles. The molecular formula is C13H17BrFNO2. The molecule has 3 nitrogen and oxygen atoms in total. The summed E-state index contributed by atoms with van der Waals surface area (Å²) in [7, 11) is 3.28. The fourth-order valence-corrected chi connectivity index (χ4v) is 2.04. The minimum Gasteiger partial charge on any atom is -0.469 e.